The van der Waals surface area contributed by atoms with Gasteiger partial charge in [-0.2, -0.15) is 4.37 Å². The van der Waals surface area contributed by atoms with Crippen molar-refractivity contribution in [3.63, 3.8) is 0 Å². The molecule has 0 saturated carbocycles. The van der Waals surface area contributed by atoms with Crippen LogP contribution in [-0.2, 0) is 0 Å². The summed E-state index contributed by atoms with van der Waals surface area (Å²) in [6.45, 7) is 0. The number of nitrogens with zero attached hydrogens (tertiary/aromatic N) is 1. The number of aromatic nitrogens is 1. The van der Waals surface area contributed by atoms with Crippen molar-refractivity contribution in [3.8, 4) is 0 Å². The van der Waals surface area contributed by atoms with E-state index >= 15 is 0 Å². The summed E-state index contributed by atoms with van der Waals surface area (Å²) in [6, 6.07) is 3.76. The molecule has 13 heavy (non-hydrogen) atoms. The third kappa shape index (κ3) is 1.83. The fraction of sp³-hybridized carbons (Fsp3) is 0.125. The summed E-state index contributed by atoms with van der Waals surface area (Å²) in [5.41, 5.74) is 0.716. The van der Waals surface area contributed by atoms with Gasteiger partial charge in [-0.15, -0.1) is 11.3 Å². The largest absolute Gasteiger partial charge is 0.381 e. The lowest BCUT2D eigenvalue weighted by atomic mass is 10.2. The summed E-state index contributed by atoms with van der Waals surface area (Å²) >= 11 is 6.25. The molecular weight excluding hydrogens is 270 g/mol. The molecule has 0 aromatic carbocycles. The van der Waals surface area contributed by atoms with Crippen LogP contribution in [0.15, 0.2) is 27.4 Å². The first kappa shape index (κ1) is 9.33. The highest BCUT2D eigenvalue weighted by Crippen LogP contribution is 2.32. The zero-order chi connectivity index (χ0) is 9.26. The SMILES string of the molecule is OC(c1ccsn1)c1sccc1Br. The van der Waals surface area contributed by atoms with E-state index in [1.165, 1.54) is 22.9 Å². The summed E-state index contributed by atoms with van der Waals surface area (Å²) in [5.74, 6) is 0. The molecule has 0 radical (unpaired) electrons. The van der Waals surface area contributed by atoms with Crippen molar-refractivity contribution in [2.45, 2.75) is 6.10 Å². The van der Waals surface area contributed by atoms with Crippen LogP contribution in [0, 0.1) is 0 Å². The van der Waals surface area contributed by atoms with Gasteiger partial charge in [0.1, 0.15) is 6.10 Å². The Kier molecular flexibility index (Phi) is 2.78. The first-order valence-corrected chi connectivity index (χ1v) is 6.11. The molecule has 2 rings (SSSR count). The summed E-state index contributed by atoms with van der Waals surface area (Å²) in [4.78, 5) is 0.908. The van der Waals surface area contributed by atoms with Crippen LogP contribution >= 0.6 is 38.8 Å². The standard InChI is InChI=1S/C8H6BrNOS2/c9-5-1-3-12-8(5)7(11)6-2-4-13-10-6/h1-4,7,11H. The quantitative estimate of drug-likeness (QED) is 0.914. The molecule has 0 fully saturated rings. The van der Waals surface area contributed by atoms with Gasteiger partial charge < -0.3 is 5.11 Å². The van der Waals surface area contributed by atoms with E-state index in [0.717, 1.165) is 9.35 Å². The van der Waals surface area contributed by atoms with E-state index in [2.05, 4.69) is 20.3 Å². The van der Waals surface area contributed by atoms with Crippen LogP contribution in [0.1, 0.15) is 16.7 Å². The molecule has 1 atom stereocenters. The van der Waals surface area contributed by atoms with Crippen LogP contribution < -0.4 is 0 Å². The van der Waals surface area contributed by atoms with E-state index in [4.69, 9.17) is 0 Å². The number of rotatable bonds is 2. The first-order valence-electron chi connectivity index (χ1n) is 3.60. The maximum atomic E-state index is 9.88. The summed E-state index contributed by atoms with van der Waals surface area (Å²) in [5, 5.41) is 13.7. The Morgan fingerprint density at radius 1 is 1.38 bits per heavy atom. The summed E-state index contributed by atoms with van der Waals surface area (Å²) in [7, 11) is 0. The number of aliphatic hydroxyl groups excluding tert-OH is 1. The molecule has 0 saturated heterocycles. The van der Waals surface area contributed by atoms with E-state index in [-0.39, 0.29) is 0 Å². The van der Waals surface area contributed by atoms with Crippen molar-refractivity contribution >= 4 is 38.8 Å². The Balaban J connectivity index is 2.33. The van der Waals surface area contributed by atoms with Gasteiger partial charge in [-0.05, 0) is 45.0 Å². The Hall–Kier alpha value is -0.230. The summed E-state index contributed by atoms with van der Waals surface area (Å²) in [6.07, 6.45) is -0.597. The molecule has 0 amide bonds. The van der Waals surface area contributed by atoms with Gasteiger partial charge in [-0.1, -0.05) is 0 Å². The van der Waals surface area contributed by atoms with E-state index in [1.807, 2.05) is 22.9 Å². The molecule has 0 aliphatic rings. The Morgan fingerprint density at radius 2 is 2.23 bits per heavy atom. The number of hydrogen-bond acceptors (Lipinski definition) is 4. The lowest BCUT2D eigenvalue weighted by Crippen LogP contribution is -1.97. The highest BCUT2D eigenvalue weighted by atomic mass is 79.9. The van der Waals surface area contributed by atoms with Gasteiger partial charge in [0.2, 0.25) is 0 Å². The second-order valence-corrected chi connectivity index (χ2v) is 4.93. The zero-order valence-corrected chi connectivity index (χ0v) is 9.69. The van der Waals surface area contributed by atoms with Gasteiger partial charge in [0.05, 0.1) is 10.6 Å². The third-order valence-corrected chi connectivity index (χ3v) is 4.13. The molecule has 68 valence electrons. The molecule has 0 aliphatic carbocycles. The highest BCUT2D eigenvalue weighted by molar-refractivity contribution is 9.10. The van der Waals surface area contributed by atoms with Gasteiger partial charge in [0, 0.05) is 9.85 Å². The maximum absolute atomic E-state index is 9.88. The Labute approximate surface area is 92.2 Å². The maximum Gasteiger partial charge on any atom is 0.132 e. The van der Waals surface area contributed by atoms with Gasteiger partial charge in [0.15, 0.2) is 0 Å². The number of aliphatic hydroxyl groups is 1. The third-order valence-electron chi connectivity index (χ3n) is 1.63. The molecule has 0 spiro atoms. The number of hydrogen-bond donors (Lipinski definition) is 1. The Bertz CT molecular complexity index is 385. The van der Waals surface area contributed by atoms with Crippen molar-refractivity contribution in [3.05, 3.63) is 37.9 Å². The van der Waals surface area contributed by atoms with E-state index in [1.54, 1.807) is 0 Å². The molecule has 1 unspecified atom stereocenters. The van der Waals surface area contributed by atoms with Crippen molar-refractivity contribution in [2.24, 2.45) is 0 Å². The van der Waals surface area contributed by atoms with Crippen LogP contribution in [-0.4, -0.2) is 9.48 Å². The monoisotopic (exact) mass is 275 g/mol. The predicted molar refractivity (Wildman–Crippen MR) is 58.2 cm³/mol. The van der Waals surface area contributed by atoms with E-state index in [0.29, 0.717) is 5.69 Å². The fourth-order valence-corrected chi connectivity index (χ4v) is 3.13. The fourth-order valence-electron chi connectivity index (χ4n) is 0.998. The lowest BCUT2D eigenvalue weighted by molar-refractivity contribution is 0.220. The van der Waals surface area contributed by atoms with Crippen LogP contribution in [0.2, 0.25) is 0 Å². The topological polar surface area (TPSA) is 33.1 Å². The molecule has 2 aromatic heterocycles. The first-order chi connectivity index (χ1) is 6.29. The average Bonchev–Trinajstić information content (AvgIpc) is 2.72. The van der Waals surface area contributed by atoms with Gasteiger partial charge >= 0.3 is 0 Å². The minimum Gasteiger partial charge on any atom is -0.381 e. The molecule has 2 heterocycles. The van der Waals surface area contributed by atoms with Crippen molar-refractivity contribution < 1.29 is 5.11 Å². The second kappa shape index (κ2) is 3.88. The van der Waals surface area contributed by atoms with Gasteiger partial charge in [-0.25, -0.2) is 0 Å². The smallest absolute Gasteiger partial charge is 0.132 e. The highest BCUT2D eigenvalue weighted by Gasteiger charge is 2.16. The molecule has 0 bridgehead atoms. The average molecular weight is 276 g/mol. The van der Waals surface area contributed by atoms with E-state index in [9.17, 15) is 5.11 Å². The van der Waals surface area contributed by atoms with Crippen LogP contribution in [0.4, 0.5) is 0 Å². The van der Waals surface area contributed by atoms with Crippen LogP contribution in [0.5, 0.6) is 0 Å². The lowest BCUT2D eigenvalue weighted by Gasteiger charge is -2.04. The number of thiophene rings is 1. The zero-order valence-electron chi connectivity index (χ0n) is 6.48. The van der Waals surface area contributed by atoms with Gasteiger partial charge in [-0.3, -0.25) is 0 Å². The summed E-state index contributed by atoms with van der Waals surface area (Å²) < 4.78 is 5.03. The minimum absolute atomic E-state index is 0.597. The van der Waals surface area contributed by atoms with Crippen molar-refractivity contribution in [2.75, 3.05) is 0 Å². The molecule has 2 nitrogen and oxygen atoms in total. The minimum atomic E-state index is -0.597. The predicted octanol–water partition coefficient (Wildman–Crippen LogP) is 3.05. The normalized spacial score (nSPS) is 13.1. The van der Waals surface area contributed by atoms with Crippen molar-refractivity contribution in [1.29, 1.82) is 0 Å². The molecular formula is C8H6BrNOS2. The molecule has 1 N–H and O–H groups in total. The van der Waals surface area contributed by atoms with Gasteiger partial charge in [0.25, 0.3) is 0 Å². The van der Waals surface area contributed by atoms with Crippen molar-refractivity contribution in [1.82, 2.24) is 4.37 Å². The number of halogens is 1. The molecule has 2 aromatic rings. The molecule has 5 heteroatoms. The second-order valence-electron chi connectivity index (χ2n) is 2.46. The molecule has 0 aliphatic heterocycles. The van der Waals surface area contributed by atoms with E-state index < -0.39 is 6.10 Å². The van der Waals surface area contributed by atoms with Crippen LogP contribution in [0.3, 0.4) is 0 Å². The van der Waals surface area contributed by atoms with Crippen LogP contribution in [0.25, 0.3) is 0 Å². The Morgan fingerprint density at radius 3 is 2.77 bits per heavy atom.